The molecule has 0 saturated carbocycles. The zero-order chi connectivity index (χ0) is 20.7. The lowest BCUT2D eigenvalue weighted by Gasteiger charge is -2.15. The molecule has 2 aromatic rings. The van der Waals surface area contributed by atoms with Crippen molar-refractivity contribution in [3.05, 3.63) is 53.6 Å². The number of carboxylic acids is 1. The molecule has 0 atom stereocenters. The van der Waals surface area contributed by atoms with Crippen molar-refractivity contribution < 1.29 is 24.2 Å². The van der Waals surface area contributed by atoms with Gasteiger partial charge in [-0.3, -0.25) is 4.79 Å². The van der Waals surface area contributed by atoms with Gasteiger partial charge in [0.05, 0.1) is 24.5 Å². The molecule has 0 unspecified atom stereocenters. The van der Waals surface area contributed by atoms with E-state index in [9.17, 15) is 14.7 Å². The number of benzene rings is 2. The van der Waals surface area contributed by atoms with Crippen LogP contribution in [0.25, 0.3) is 0 Å². The minimum atomic E-state index is -1.05. The summed E-state index contributed by atoms with van der Waals surface area (Å²) in [6.07, 6.45) is 0. The molecule has 6 heteroatoms. The Kier molecular flexibility index (Phi) is 7.44. The quantitative estimate of drug-likeness (QED) is 0.653. The van der Waals surface area contributed by atoms with Gasteiger partial charge in [-0.15, -0.1) is 0 Å². The highest BCUT2D eigenvalue weighted by Crippen LogP contribution is 2.27. The smallest absolute Gasteiger partial charge is 0.335 e. The molecule has 0 spiro atoms. The van der Waals surface area contributed by atoms with Crippen LogP contribution in [0.4, 0.5) is 5.69 Å². The summed E-state index contributed by atoms with van der Waals surface area (Å²) in [4.78, 5) is 23.9. The van der Waals surface area contributed by atoms with Gasteiger partial charge in [-0.2, -0.15) is 0 Å². The molecule has 6 nitrogen and oxygen atoms in total. The third-order valence-electron chi connectivity index (χ3n) is 3.73. The van der Waals surface area contributed by atoms with E-state index in [0.717, 1.165) is 0 Å². The predicted octanol–water partition coefficient (Wildman–Crippen LogP) is 4.71. The van der Waals surface area contributed by atoms with Gasteiger partial charge in [0.1, 0.15) is 11.5 Å². The fourth-order valence-electron chi connectivity index (χ4n) is 2.32. The maximum atomic E-state index is 12.7. The van der Waals surface area contributed by atoms with Crippen LogP contribution < -0.4 is 14.8 Å². The van der Waals surface area contributed by atoms with Crippen molar-refractivity contribution in [1.29, 1.82) is 0 Å². The Morgan fingerprint density at radius 1 is 0.929 bits per heavy atom. The molecule has 0 saturated heterocycles. The third-order valence-corrected chi connectivity index (χ3v) is 3.73. The van der Waals surface area contributed by atoms with E-state index in [0.29, 0.717) is 41.9 Å². The first-order valence-electron chi connectivity index (χ1n) is 9.30. The van der Waals surface area contributed by atoms with Crippen LogP contribution in [0.5, 0.6) is 11.5 Å². The van der Waals surface area contributed by atoms with Gasteiger partial charge in [0.25, 0.3) is 5.91 Å². The topological polar surface area (TPSA) is 84.9 Å². The number of hydrogen-bond acceptors (Lipinski definition) is 4. The number of carbonyl (C=O) groups is 2. The standard InChI is InChI=1S/C22H27NO5/c1-14(2)12-27-18-7-5-6-16(10-18)21(24)23-19-9-8-17(22(25)26)11-20(19)28-13-15(3)4/h5-11,14-15H,12-13H2,1-4H3,(H,23,24)(H,25,26). The van der Waals surface area contributed by atoms with Crippen molar-refractivity contribution in [3.8, 4) is 11.5 Å². The first-order valence-corrected chi connectivity index (χ1v) is 9.30. The maximum absolute atomic E-state index is 12.7. The van der Waals surface area contributed by atoms with E-state index in [1.807, 2.05) is 13.8 Å². The molecule has 150 valence electrons. The summed E-state index contributed by atoms with van der Waals surface area (Å²) in [7, 11) is 0. The summed E-state index contributed by atoms with van der Waals surface area (Å²) >= 11 is 0. The zero-order valence-corrected chi connectivity index (χ0v) is 16.7. The van der Waals surface area contributed by atoms with Gasteiger partial charge >= 0.3 is 5.97 Å². The second-order valence-corrected chi connectivity index (χ2v) is 7.41. The molecule has 2 aromatic carbocycles. The number of anilines is 1. The molecule has 0 bridgehead atoms. The first-order chi connectivity index (χ1) is 13.3. The SMILES string of the molecule is CC(C)COc1cccc(C(=O)Nc2ccc(C(=O)O)cc2OCC(C)C)c1. The van der Waals surface area contributed by atoms with Crippen molar-refractivity contribution in [2.75, 3.05) is 18.5 Å². The largest absolute Gasteiger partial charge is 0.493 e. The highest BCUT2D eigenvalue weighted by molar-refractivity contribution is 6.05. The molecule has 0 aliphatic heterocycles. The summed E-state index contributed by atoms with van der Waals surface area (Å²) in [6, 6.07) is 11.3. The summed E-state index contributed by atoms with van der Waals surface area (Å²) < 4.78 is 11.4. The van der Waals surface area contributed by atoms with Crippen molar-refractivity contribution in [3.63, 3.8) is 0 Å². The lowest BCUT2D eigenvalue weighted by Crippen LogP contribution is -2.15. The molecular formula is C22H27NO5. The van der Waals surface area contributed by atoms with E-state index >= 15 is 0 Å². The van der Waals surface area contributed by atoms with Crippen LogP contribution in [0.2, 0.25) is 0 Å². The normalized spacial score (nSPS) is 10.8. The van der Waals surface area contributed by atoms with Crippen LogP contribution in [-0.2, 0) is 0 Å². The average molecular weight is 385 g/mol. The molecule has 0 radical (unpaired) electrons. The van der Waals surface area contributed by atoms with Crippen LogP contribution >= 0.6 is 0 Å². The van der Waals surface area contributed by atoms with Gasteiger partial charge < -0.3 is 19.9 Å². The number of rotatable bonds is 9. The van der Waals surface area contributed by atoms with Crippen LogP contribution in [0.1, 0.15) is 48.4 Å². The van der Waals surface area contributed by atoms with Crippen LogP contribution in [0, 0.1) is 11.8 Å². The highest BCUT2D eigenvalue weighted by Gasteiger charge is 2.14. The van der Waals surface area contributed by atoms with Crippen molar-refractivity contribution >= 4 is 17.6 Å². The Morgan fingerprint density at radius 3 is 2.25 bits per heavy atom. The van der Waals surface area contributed by atoms with E-state index in [2.05, 4.69) is 19.2 Å². The molecule has 2 N–H and O–H groups in total. The van der Waals surface area contributed by atoms with Gasteiger partial charge in [-0.1, -0.05) is 33.8 Å². The average Bonchev–Trinajstić information content (AvgIpc) is 2.65. The molecule has 0 aromatic heterocycles. The van der Waals surface area contributed by atoms with E-state index < -0.39 is 5.97 Å². The van der Waals surface area contributed by atoms with Gasteiger partial charge in [-0.05, 0) is 48.2 Å². The second kappa shape index (κ2) is 9.78. The number of ether oxygens (including phenoxy) is 2. The number of aromatic carboxylic acids is 1. The molecule has 2 rings (SSSR count). The van der Waals surface area contributed by atoms with Gasteiger partial charge in [0, 0.05) is 5.56 Å². The summed E-state index contributed by atoms with van der Waals surface area (Å²) in [5.41, 5.74) is 0.961. The molecule has 0 aliphatic rings. The second-order valence-electron chi connectivity index (χ2n) is 7.41. The lowest BCUT2D eigenvalue weighted by molar-refractivity contribution is 0.0696. The molecule has 1 amide bonds. The van der Waals surface area contributed by atoms with Crippen molar-refractivity contribution in [1.82, 2.24) is 0 Å². The van der Waals surface area contributed by atoms with E-state index in [-0.39, 0.29) is 17.4 Å². The Bertz CT molecular complexity index is 829. The minimum absolute atomic E-state index is 0.0980. The predicted molar refractivity (Wildman–Crippen MR) is 108 cm³/mol. The third kappa shape index (κ3) is 6.30. The molecular weight excluding hydrogens is 358 g/mol. The van der Waals surface area contributed by atoms with E-state index in [1.165, 1.54) is 18.2 Å². The molecule has 28 heavy (non-hydrogen) atoms. The fraction of sp³-hybridized carbons (Fsp3) is 0.364. The number of hydrogen-bond donors (Lipinski definition) is 2. The summed E-state index contributed by atoms with van der Waals surface area (Å²) in [5, 5.41) is 12.0. The van der Waals surface area contributed by atoms with E-state index in [4.69, 9.17) is 9.47 Å². The van der Waals surface area contributed by atoms with Gasteiger partial charge in [-0.25, -0.2) is 4.79 Å². The van der Waals surface area contributed by atoms with Crippen molar-refractivity contribution in [2.45, 2.75) is 27.7 Å². The highest BCUT2D eigenvalue weighted by atomic mass is 16.5. The summed E-state index contributed by atoms with van der Waals surface area (Å²) in [5.74, 6) is 0.209. The van der Waals surface area contributed by atoms with Crippen molar-refractivity contribution in [2.24, 2.45) is 11.8 Å². The fourth-order valence-corrected chi connectivity index (χ4v) is 2.32. The minimum Gasteiger partial charge on any atom is -0.493 e. The number of carboxylic acid groups (broad SMARTS) is 1. The zero-order valence-electron chi connectivity index (χ0n) is 16.7. The molecule has 0 heterocycles. The van der Waals surface area contributed by atoms with Crippen LogP contribution in [0.3, 0.4) is 0 Å². The summed E-state index contributed by atoms with van der Waals surface area (Å²) in [6.45, 7) is 9.05. The Labute approximate surface area is 165 Å². The Morgan fingerprint density at radius 2 is 1.61 bits per heavy atom. The monoisotopic (exact) mass is 385 g/mol. The Hall–Kier alpha value is -3.02. The van der Waals surface area contributed by atoms with Gasteiger partial charge in [0.15, 0.2) is 0 Å². The van der Waals surface area contributed by atoms with E-state index in [1.54, 1.807) is 24.3 Å². The molecule has 0 fully saturated rings. The lowest BCUT2D eigenvalue weighted by atomic mass is 10.1. The van der Waals surface area contributed by atoms with Gasteiger partial charge in [0.2, 0.25) is 0 Å². The molecule has 0 aliphatic carbocycles. The number of nitrogens with one attached hydrogen (secondary N) is 1. The number of carbonyl (C=O) groups excluding carboxylic acids is 1. The Balaban J connectivity index is 2.20. The maximum Gasteiger partial charge on any atom is 0.335 e. The number of amides is 1. The first kappa shape index (κ1) is 21.3. The van der Waals surface area contributed by atoms with Crippen LogP contribution in [0.15, 0.2) is 42.5 Å². The van der Waals surface area contributed by atoms with Crippen LogP contribution in [-0.4, -0.2) is 30.2 Å².